The molecule has 1 aromatic rings. The van der Waals surface area contributed by atoms with E-state index in [9.17, 15) is 5.11 Å². The standard InChI is InChI=1S/C12H16OS/c13-12(10-2-1-9-14-10)7-5-11(3-4-11)6-8-12/h1-2,9,13H,3-8H2. The first-order chi connectivity index (χ1) is 6.73. The molecule has 2 aliphatic rings. The minimum Gasteiger partial charge on any atom is -0.384 e. The van der Waals surface area contributed by atoms with E-state index in [1.807, 2.05) is 6.07 Å². The maximum atomic E-state index is 10.5. The van der Waals surface area contributed by atoms with E-state index in [-0.39, 0.29) is 0 Å². The van der Waals surface area contributed by atoms with E-state index in [2.05, 4.69) is 11.4 Å². The Morgan fingerprint density at radius 3 is 2.21 bits per heavy atom. The second-order valence-electron chi connectivity index (χ2n) is 5.01. The van der Waals surface area contributed by atoms with Gasteiger partial charge >= 0.3 is 0 Å². The summed E-state index contributed by atoms with van der Waals surface area (Å²) >= 11 is 1.70. The average Bonchev–Trinajstić information content (AvgIpc) is 2.75. The summed E-state index contributed by atoms with van der Waals surface area (Å²) in [6.07, 6.45) is 7.25. The third-order valence-electron chi connectivity index (χ3n) is 4.07. The van der Waals surface area contributed by atoms with Crippen LogP contribution in [0.3, 0.4) is 0 Å². The monoisotopic (exact) mass is 208 g/mol. The molecule has 0 amide bonds. The molecule has 2 saturated carbocycles. The van der Waals surface area contributed by atoms with E-state index in [0.717, 1.165) is 12.8 Å². The van der Waals surface area contributed by atoms with Gasteiger partial charge in [-0.2, -0.15) is 0 Å². The lowest BCUT2D eigenvalue weighted by Crippen LogP contribution is -2.31. The summed E-state index contributed by atoms with van der Waals surface area (Å²) < 4.78 is 0. The van der Waals surface area contributed by atoms with Gasteiger partial charge in [0.2, 0.25) is 0 Å². The van der Waals surface area contributed by atoms with Crippen LogP contribution in [0.25, 0.3) is 0 Å². The second-order valence-corrected chi connectivity index (χ2v) is 5.96. The van der Waals surface area contributed by atoms with Gasteiger partial charge in [0, 0.05) is 4.88 Å². The summed E-state index contributed by atoms with van der Waals surface area (Å²) in [6, 6.07) is 4.12. The molecule has 2 aliphatic carbocycles. The maximum Gasteiger partial charge on any atom is 0.0988 e. The third-order valence-corrected chi connectivity index (χ3v) is 5.14. The fourth-order valence-corrected chi connectivity index (χ4v) is 3.54. The Hall–Kier alpha value is -0.340. The molecule has 0 atom stereocenters. The van der Waals surface area contributed by atoms with Crippen LogP contribution in [0.4, 0.5) is 0 Å². The molecule has 3 rings (SSSR count). The van der Waals surface area contributed by atoms with Crippen LogP contribution in [0.15, 0.2) is 17.5 Å². The van der Waals surface area contributed by atoms with Crippen LogP contribution < -0.4 is 0 Å². The van der Waals surface area contributed by atoms with Gasteiger partial charge in [0.1, 0.15) is 0 Å². The van der Waals surface area contributed by atoms with E-state index in [4.69, 9.17) is 0 Å². The van der Waals surface area contributed by atoms with Crippen LogP contribution in [0.1, 0.15) is 43.4 Å². The highest BCUT2D eigenvalue weighted by atomic mass is 32.1. The molecule has 2 fully saturated rings. The number of rotatable bonds is 1. The molecule has 0 unspecified atom stereocenters. The highest BCUT2D eigenvalue weighted by Gasteiger charge is 2.49. The van der Waals surface area contributed by atoms with Crippen molar-refractivity contribution in [2.45, 2.75) is 44.1 Å². The van der Waals surface area contributed by atoms with Gasteiger partial charge in [0.25, 0.3) is 0 Å². The predicted molar refractivity (Wildman–Crippen MR) is 58.4 cm³/mol. The zero-order valence-corrected chi connectivity index (χ0v) is 9.15. The predicted octanol–water partition coefficient (Wildman–Crippen LogP) is 3.29. The van der Waals surface area contributed by atoms with E-state index in [0.29, 0.717) is 5.41 Å². The number of aliphatic hydroxyl groups is 1. The largest absolute Gasteiger partial charge is 0.384 e. The van der Waals surface area contributed by atoms with Crippen molar-refractivity contribution in [1.82, 2.24) is 0 Å². The maximum absolute atomic E-state index is 10.5. The molecule has 0 bridgehead atoms. The molecule has 1 nitrogen and oxygen atoms in total. The van der Waals surface area contributed by atoms with E-state index in [1.165, 1.54) is 30.6 Å². The van der Waals surface area contributed by atoms with Gasteiger partial charge in [-0.1, -0.05) is 6.07 Å². The van der Waals surface area contributed by atoms with Crippen molar-refractivity contribution in [2.24, 2.45) is 5.41 Å². The van der Waals surface area contributed by atoms with Gasteiger partial charge in [-0.15, -0.1) is 11.3 Å². The fraction of sp³-hybridized carbons (Fsp3) is 0.667. The minimum absolute atomic E-state index is 0.484. The lowest BCUT2D eigenvalue weighted by atomic mass is 9.76. The smallest absolute Gasteiger partial charge is 0.0988 e. The molecule has 0 aromatic carbocycles. The highest BCUT2D eigenvalue weighted by Crippen LogP contribution is 2.59. The summed E-state index contributed by atoms with van der Waals surface area (Å²) in [4.78, 5) is 1.17. The first kappa shape index (κ1) is 8.93. The molecule has 2 heteroatoms. The normalized spacial score (nSPS) is 27.8. The van der Waals surface area contributed by atoms with Crippen molar-refractivity contribution >= 4 is 11.3 Å². The second kappa shape index (κ2) is 2.83. The van der Waals surface area contributed by atoms with Crippen molar-refractivity contribution in [2.75, 3.05) is 0 Å². The minimum atomic E-state index is -0.484. The number of thiophene rings is 1. The summed E-state index contributed by atoms with van der Waals surface area (Å²) in [7, 11) is 0. The van der Waals surface area contributed by atoms with Gasteiger partial charge in [0.05, 0.1) is 5.60 Å². The molecule has 0 aliphatic heterocycles. The van der Waals surface area contributed by atoms with Gasteiger partial charge < -0.3 is 5.11 Å². The number of hydrogen-bond acceptors (Lipinski definition) is 2. The quantitative estimate of drug-likeness (QED) is 0.751. The zero-order valence-electron chi connectivity index (χ0n) is 8.33. The lowest BCUT2D eigenvalue weighted by Gasteiger charge is -2.35. The summed E-state index contributed by atoms with van der Waals surface area (Å²) in [6.45, 7) is 0. The Morgan fingerprint density at radius 1 is 1.07 bits per heavy atom. The van der Waals surface area contributed by atoms with Crippen molar-refractivity contribution < 1.29 is 5.11 Å². The van der Waals surface area contributed by atoms with Crippen LogP contribution >= 0.6 is 11.3 Å². The Balaban J connectivity index is 1.79. The Labute approximate surface area is 88.8 Å². The molecule has 0 radical (unpaired) electrons. The molecule has 1 aromatic heterocycles. The number of hydrogen-bond donors (Lipinski definition) is 1. The fourth-order valence-electron chi connectivity index (χ4n) is 2.66. The van der Waals surface area contributed by atoms with Crippen LogP contribution in [-0.4, -0.2) is 5.11 Å². The zero-order chi connectivity index (χ0) is 9.65. The van der Waals surface area contributed by atoms with E-state index in [1.54, 1.807) is 11.3 Å². The van der Waals surface area contributed by atoms with E-state index < -0.39 is 5.60 Å². The third kappa shape index (κ3) is 1.32. The van der Waals surface area contributed by atoms with Gasteiger partial charge in [-0.25, -0.2) is 0 Å². The molecular formula is C12H16OS. The average molecular weight is 208 g/mol. The van der Waals surface area contributed by atoms with Crippen molar-refractivity contribution in [1.29, 1.82) is 0 Å². The van der Waals surface area contributed by atoms with Gasteiger partial charge in [-0.3, -0.25) is 0 Å². The van der Waals surface area contributed by atoms with Gasteiger partial charge in [-0.05, 0) is 55.4 Å². The molecule has 76 valence electrons. The van der Waals surface area contributed by atoms with Crippen molar-refractivity contribution in [3.05, 3.63) is 22.4 Å². The molecule has 1 N–H and O–H groups in total. The highest BCUT2D eigenvalue weighted by molar-refractivity contribution is 7.10. The molecule has 1 heterocycles. The van der Waals surface area contributed by atoms with Crippen LogP contribution in [-0.2, 0) is 5.60 Å². The van der Waals surface area contributed by atoms with Crippen LogP contribution in [0, 0.1) is 5.41 Å². The molecule has 1 spiro atoms. The molecule has 0 saturated heterocycles. The van der Waals surface area contributed by atoms with Gasteiger partial charge in [0.15, 0.2) is 0 Å². The SMILES string of the molecule is OC1(c2cccs2)CCC2(CC2)CC1. The molecular weight excluding hydrogens is 192 g/mol. The lowest BCUT2D eigenvalue weighted by molar-refractivity contribution is -0.0153. The van der Waals surface area contributed by atoms with Crippen LogP contribution in [0.5, 0.6) is 0 Å². The van der Waals surface area contributed by atoms with E-state index >= 15 is 0 Å². The van der Waals surface area contributed by atoms with Crippen molar-refractivity contribution in [3.63, 3.8) is 0 Å². The Bertz CT molecular complexity index is 314. The summed E-state index contributed by atoms with van der Waals surface area (Å²) in [5.41, 5.74) is 0.186. The topological polar surface area (TPSA) is 20.2 Å². The first-order valence-corrected chi connectivity index (χ1v) is 6.37. The summed E-state index contributed by atoms with van der Waals surface area (Å²) in [5, 5.41) is 12.6. The van der Waals surface area contributed by atoms with Crippen LogP contribution in [0.2, 0.25) is 0 Å². The van der Waals surface area contributed by atoms with Crippen molar-refractivity contribution in [3.8, 4) is 0 Å². The Kier molecular flexibility index (Phi) is 1.80. The molecule has 14 heavy (non-hydrogen) atoms. The first-order valence-electron chi connectivity index (χ1n) is 5.49. The summed E-state index contributed by atoms with van der Waals surface area (Å²) in [5.74, 6) is 0. The Morgan fingerprint density at radius 2 is 1.71 bits per heavy atom.